The number of nitrogens with zero attached hydrogens (tertiary/aromatic N) is 3. The molecule has 100 valence electrons. The second kappa shape index (κ2) is 4.94. The van der Waals surface area contributed by atoms with Gasteiger partial charge in [-0.25, -0.2) is 14.4 Å². The molecule has 0 amide bonds. The Bertz CT molecular complexity index is 753. The summed E-state index contributed by atoms with van der Waals surface area (Å²) >= 11 is 0. The summed E-state index contributed by atoms with van der Waals surface area (Å²) in [6.45, 7) is 1.84. The molecule has 0 fully saturated rings. The molecule has 5 heteroatoms. The van der Waals surface area contributed by atoms with Gasteiger partial charge in [-0.3, -0.25) is 4.98 Å². The third kappa shape index (κ3) is 2.23. The fourth-order valence-electron chi connectivity index (χ4n) is 2.04. The molecule has 0 saturated heterocycles. The van der Waals surface area contributed by atoms with Gasteiger partial charge in [-0.1, -0.05) is 12.1 Å². The Morgan fingerprint density at radius 2 is 1.75 bits per heavy atom. The number of nitrogens with two attached hydrogens (primary N) is 1. The highest BCUT2D eigenvalue weighted by Gasteiger charge is 2.15. The number of hydrogen-bond donors (Lipinski definition) is 1. The lowest BCUT2D eigenvalue weighted by Gasteiger charge is -2.11. The van der Waals surface area contributed by atoms with Crippen molar-refractivity contribution in [2.45, 2.75) is 13.0 Å². The van der Waals surface area contributed by atoms with E-state index in [1.165, 1.54) is 6.07 Å². The van der Waals surface area contributed by atoms with Crippen LogP contribution in [-0.4, -0.2) is 15.0 Å². The van der Waals surface area contributed by atoms with Crippen molar-refractivity contribution >= 4 is 11.0 Å². The lowest BCUT2D eigenvalue weighted by atomic mass is 10.1. The molecule has 20 heavy (non-hydrogen) atoms. The molecular formula is C15H13FN4. The predicted molar refractivity (Wildman–Crippen MR) is 75.3 cm³/mol. The molecule has 0 bridgehead atoms. The van der Waals surface area contributed by atoms with Gasteiger partial charge in [-0.2, -0.15) is 0 Å². The quantitative estimate of drug-likeness (QED) is 0.776. The van der Waals surface area contributed by atoms with E-state index in [0.29, 0.717) is 17.1 Å². The maximum Gasteiger partial charge on any atom is 0.141 e. The molecule has 3 rings (SSSR count). The van der Waals surface area contributed by atoms with Crippen LogP contribution in [0.2, 0.25) is 0 Å². The molecule has 0 saturated carbocycles. The minimum Gasteiger partial charge on any atom is -0.323 e. The first-order valence-corrected chi connectivity index (χ1v) is 6.29. The molecule has 0 aliphatic rings. The van der Waals surface area contributed by atoms with Crippen LogP contribution >= 0.6 is 0 Å². The van der Waals surface area contributed by atoms with Crippen LogP contribution in [-0.2, 0) is 0 Å². The summed E-state index contributed by atoms with van der Waals surface area (Å²) in [6.07, 6.45) is 1.16. The number of halogens is 1. The van der Waals surface area contributed by atoms with Crippen LogP contribution in [0.3, 0.4) is 0 Å². The molecule has 1 aromatic carbocycles. The molecule has 0 aliphatic carbocycles. The van der Waals surface area contributed by atoms with Crippen molar-refractivity contribution in [3.63, 3.8) is 0 Å². The van der Waals surface area contributed by atoms with Gasteiger partial charge in [0.2, 0.25) is 0 Å². The predicted octanol–water partition coefficient (Wildman–Crippen LogP) is 2.85. The van der Waals surface area contributed by atoms with Gasteiger partial charge in [0, 0.05) is 6.04 Å². The Kier molecular flexibility index (Phi) is 3.12. The van der Waals surface area contributed by atoms with E-state index in [1.807, 2.05) is 31.2 Å². The molecule has 3 aromatic rings. The normalized spacial score (nSPS) is 12.6. The zero-order chi connectivity index (χ0) is 14.1. The van der Waals surface area contributed by atoms with Crippen LogP contribution in [0.15, 0.2) is 42.6 Å². The molecule has 2 aromatic heterocycles. The first-order chi connectivity index (χ1) is 9.65. The van der Waals surface area contributed by atoms with Crippen molar-refractivity contribution in [1.29, 1.82) is 0 Å². The Labute approximate surface area is 115 Å². The van der Waals surface area contributed by atoms with Crippen LogP contribution < -0.4 is 5.73 Å². The standard InChI is InChI=1S/C15H13FN4/c1-9(17)14-15(13-7-6-10(16)8-18-13)20-12-5-3-2-4-11(12)19-14/h2-9H,17H2,1H3/t9-/m0/s1. The number of aromatic nitrogens is 3. The number of rotatable bonds is 2. The van der Waals surface area contributed by atoms with Crippen molar-refractivity contribution < 1.29 is 4.39 Å². The molecule has 2 heterocycles. The van der Waals surface area contributed by atoms with Crippen LogP contribution in [0.4, 0.5) is 4.39 Å². The third-order valence-electron chi connectivity index (χ3n) is 3.00. The lowest BCUT2D eigenvalue weighted by molar-refractivity contribution is 0.621. The van der Waals surface area contributed by atoms with Gasteiger partial charge in [0.05, 0.1) is 28.6 Å². The van der Waals surface area contributed by atoms with Gasteiger partial charge in [-0.15, -0.1) is 0 Å². The SMILES string of the molecule is C[C@H](N)c1nc2ccccc2nc1-c1ccc(F)cn1. The van der Waals surface area contributed by atoms with E-state index in [0.717, 1.165) is 17.2 Å². The second-order valence-corrected chi connectivity index (χ2v) is 4.60. The lowest BCUT2D eigenvalue weighted by Crippen LogP contribution is -2.11. The minimum atomic E-state index is -0.384. The maximum atomic E-state index is 13.0. The molecular weight excluding hydrogens is 255 g/mol. The zero-order valence-corrected chi connectivity index (χ0v) is 10.9. The van der Waals surface area contributed by atoms with E-state index in [2.05, 4.69) is 15.0 Å². The van der Waals surface area contributed by atoms with E-state index >= 15 is 0 Å². The maximum absolute atomic E-state index is 13.0. The Morgan fingerprint density at radius 3 is 2.35 bits per heavy atom. The Balaban J connectivity index is 2.26. The van der Waals surface area contributed by atoms with Gasteiger partial charge in [0.15, 0.2) is 0 Å². The molecule has 0 unspecified atom stereocenters. The highest BCUT2D eigenvalue weighted by atomic mass is 19.1. The number of benzene rings is 1. The Morgan fingerprint density at radius 1 is 1.05 bits per heavy atom. The third-order valence-corrected chi connectivity index (χ3v) is 3.00. The average Bonchev–Trinajstić information content (AvgIpc) is 2.46. The summed E-state index contributed by atoms with van der Waals surface area (Å²) in [4.78, 5) is 13.2. The molecule has 0 radical (unpaired) electrons. The van der Waals surface area contributed by atoms with E-state index < -0.39 is 0 Å². The number of para-hydroxylation sites is 2. The average molecular weight is 268 g/mol. The highest BCUT2D eigenvalue weighted by Crippen LogP contribution is 2.25. The monoisotopic (exact) mass is 268 g/mol. The second-order valence-electron chi connectivity index (χ2n) is 4.60. The number of hydrogen-bond acceptors (Lipinski definition) is 4. The van der Waals surface area contributed by atoms with Crippen LogP contribution in [0.5, 0.6) is 0 Å². The van der Waals surface area contributed by atoms with Crippen LogP contribution in [0, 0.1) is 5.82 Å². The zero-order valence-electron chi connectivity index (χ0n) is 10.9. The fourth-order valence-corrected chi connectivity index (χ4v) is 2.04. The van der Waals surface area contributed by atoms with Gasteiger partial charge < -0.3 is 5.73 Å². The molecule has 4 nitrogen and oxygen atoms in total. The smallest absolute Gasteiger partial charge is 0.141 e. The summed E-state index contributed by atoms with van der Waals surface area (Å²) in [5.74, 6) is -0.384. The molecule has 1 atom stereocenters. The van der Waals surface area contributed by atoms with Crippen molar-refractivity contribution in [2.75, 3.05) is 0 Å². The number of pyridine rings is 1. The Hall–Kier alpha value is -2.40. The summed E-state index contributed by atoms with van der Waals surface area (Å²) in [5, 5.41) is 0. The minimum absolute atomic E-state index is 0.283. The van der Waals surface area contributed by atoms with Crippen LogP contribution in [0.1, 0.15) is 18.7 Å². The fraction of sp³-hybridized carbons (Fsp3) is 0.133. The van der Waals surface area contributed by atoms with Crippen molar-refractivity contribution in [2.24, 2.45) is 5.73 Å². The van der Waals surface area contributed by atoms with Gasteiger partial charge >= 0.3 is 0 Å². The largest absolute Gasteiger partial charge is 0.323 e. The first kappa shape index (κ1) is 12.6. The molecule has 0 spiro atoms. The van der Waals surface area contributed by atoms with Gasteiger partial charge in [0.1, 0.15) is 11.5 Å². The van der Waals surface area contributed by atoms with E-state index in [9.17, 15) is 4.39 Å². The number of fused-ring (bicyclic) bond motifs is 1. The summed E-state index contributed by atoms with van der Waals surface area (Å²) in [5.41, 5.74) is 9.33. The summed E-state index contributed by atoms with van der Waals surface area (Å²) in [6, 6.07) is 10.2. The van der Waals surface area contributed by atoms with Crippen molar-refractivity contribution in [3.8, 4) is 11.4 Å². The van der Waals surface area contributed by atoms with E-state index in [4.69, 9.17) is 5.73 Å². The van der Waals surface area contributed by atoms with E-state index in [1.54, 1.807) is 6.07 Å². The molecule has 2 N–H and O–H groups in total. The van der Waals surface area contributed by atoms with Crippen molar-refractivity contribution in [1.82, 2.24) is 15.0 Å². The van der Waals surface area contributed by atoms with Crippen molar-refractivity contribution in [3.05, 3.63) is 54.1 Å². The van der Waals surface area contributed by atoms with Crippen LogP contribution in [0.25, 0.3) is 22.4 Å². The highest BCUT2D eigenvalue weighted by molar-refractivity contribution is 5.77. The van der Waals surface area contributed by atoms with Gasteiger partial charge in [0.25, 0.3) is 0 Å². The first-order valence-electron chi connectivity index (χ1n) is 6.29. The summed E-state index contributed by atoms with van der Waals surface area (Å²) in [7, 11) is 0. The molecule has 0 aliphatic heterocycles. The van der Waals surface area contributed by atoms with Gasteiger partial charge in [-0.05, 0) is 31.2 Å². The topological polar surface area (TPSA) is 64.7 Å². The summed E-state index contributed by atoms with van der Waals surface area (Å²) < 4.78 is 13.0. The van der Waals surface area contributed by atoms with E-state index in [-0.39, 0.29) is 11.9 Å².